The van der Waals surface area contributed by atoms with Crippen molar-refractivity contribution >= 4 is 57.0 Å². The molecular weight excluding hydrogens is 801 g/mol. The number of benzene rings is 4. The largest absolute Gasteiger partial charge is 0.355 e. The van der Waals surface area contributed by atoms with E-state index in [1.54, 1.807) is 0 Å². The normalized spacial score (nSPS) is 14.0. The van der Waals surface area contributed by atoms with Gasteiger partial charge >= 0.3 is 0 Å². The van der Waals surface area contributed by atoms with Crippen molar-refractivity contribution in [2.45, 2.75) is 105 Å². The van der Waals surface area contributed by atoms with Gasteiger partial charge in [0.15, 0.2) is 0 Å². The molecule has 330 valence electrons. The van der Waals surface area contributed by atoms with Crippen LogP contribution in [0.2, 0.25) is 0 Å². The Morgan fingerprint density at radius 3 is 1.32 bits per heavy atom. The van der Waals surface area contributed by atoms with Gasteiger partial charge in [-0.2, -0.15) is 0 Å². The number of rotatable bonds is 4. The Morgan fingerprint density at radius 1 is 0.394 bits per heavy atom. The van der Waals surface area contributed by atoms with Crippen molar-refractivity contribution in [1.82, 2.24) is 19.9 Å². The van der Waals surface area contributed by atoms with Crippen molar-refractivity contribution < 1.29 is 0 Å². The lowest BCUT2D eigenvalue weighted by Gasteiger charge is -2.26. The predicted molar refractivity (Wildman–Crippen MR) is 282 cm³/mol. The first kappa shape index (κ1) is 43.1. The maximum atomic E-state index is 5.81. The highest BCUT2D eigenvalue weighted by molar-refractivity contribution is 6.24. The number of fused-ring (bicyclic) bond motifs is 8. The lowest BCUT2D eigenvalue weighted by atomic mass is 9.79. The third-order valence-electron chi connectivity index (χ3n) is 13.5. The Labute approximate surface area is 390 Å². The highest BCUT2D eigenvalue weighted by Gasteiger charge is 2.31. The molecule has 0 fully saturated rings. The maximum absolute atomic E-state index is 5.81. The Hall–Kier alpha value is -6.78. The monoisotopic (exact) mass is 862 g/mol. The number of aromatic amines is 2. The van der Waals surface area contributed by atoms with Gasteiger partial charge in [0.25, 0.3) is 0 Å². The SMILES string of the molecule is CC(C)(C)c1cc(-c2c3nc(c4c5nc(c(-c6cc(C(C)(C)C)cc(C(C)(C)C)c6)c6ccc(cc7ccc2[nH]7)[nH]6)=CC5=C(c2ccccc2)C=4c2ccccc2)C=C3)cc(C(C)(C)C)c1. The molecule has 0 amide bonds. The van der Waals surface area contributed by atoms with Gasteiger partial charge in [-0.3, -0.25) is 0 Å². The number of nitrogens with one attached hydrogen (secondary N) is 2. The van der Waals surface area contributed by atoms with E-state index in [1.165, 1.54) is 27.8 Å². The Kier molecular flexibility index (Phi) is 10.1. The second-order valence-electron chi connectivity index (χ2n) is 22.6. The van der Waals surface area contributed by atoms with Crippen LogP contribution in [0.5, 0.6) is 0 Å². The van der Waals surface area contributed by atoms with Gasteiger partial charge < -0.3 is 9.97 Å². The zero-order valence-electron chi connectivity index (χ0n) is 40.8. The van der Waals surface area contributed by atoms with Crippen LogP contribution >= 0.6 is 0 Å². The van der Waals surface area contributed by atoms with Crippen LogP contribution < -0.4 is 10.6 Å². The Morgan fingerprint density at radius 2 is 0.833 bits per heavy atom. The number of allylic oxidation sites excluding steroid dienone is 2. The van der Waals surface area contributed by atoms with E-state index >= 15 is 0 Å². The molecule has 0 spiro atoms. The molecule has 1 aliphatic carbocycles. The average molecular weight is 863 g/mol. The number of hydrogen-bond acceptors (Lipinski definition) is 2. The summed E-state index contributed by atoms with van der Waals surface area (Å²) in [6.07, 6.45) is 6.78. The first-order valence-electron chi connectivity index (χ1n) is 23.6. The van der Waals surface area contributed by atoms with Gasteiger partial charge in [0.1, 0.15) is 0 Å². The van der Waals surface area contributed by atoms with Crippen LogP contribution in [0.25, 0.3) is 79.3 Å². The standard InChI is InChI=1S/C62H62N4/c1-59(2,3)41-29-39(30-42(33-41)60(4,5)6)54-48-25-23-45(63-48)35-46-24-26-49(64-46)55(40-31-43(61(7,8)9)34-44(32-40)62(10,11)12)52-36-47-53(37-19-15-13-16-20-37)56(38-21-17-14-18-22-38)57(58(47)66-52)51-28-27-50(54)65-51/h13-36,63-64H,1-12H3. The van der Waals surface area contributed by atoms with Crippen LogP contribution in [0.15, 0.2) is 127 Å². The van der Waals surface area contributed by atoms with Gasteiger partial charge in [-0.05, 0) is 120 Å². The summed E-state index contributed by atoms with van der Waals surface area (Å²) >= 11 is 0. The Bertz CT molecular complexity index is 3410. The molecule has 0 radical (unpaired) electrons. The van der Waals surface area contributed by atoms with Crippen molar-refractivity contribution in [3.05, 3.63) is 188 Å². The topological polar surface area (TPSA) is 57.4 Å². The van der Waals surface area contributed by atoms with Crippen molar-refractivity contribution in [3.8, 4) is 22.3 Å². The number of nitrogens with zero attached hydrogens (tertiary/aromatic N) is 2. The van der Waals surface area contributed by atoms with Gasteiger partial charge in [-0.25, -0.2) is 9.97 Å². The van der Waals surface area contributed by atoms with E-state index in [4.69, 9.17) is 9.97 Å². The van der Waals surface area contributed by atoms with Gasteiger partial charge in [-0.15, -0.1) is 0 Å². The second-order valence-corrected chi connectivity index (χ2v) is 22.6. The summed E-state index contributed by atoms with van der Waals surface area (Å²) in [5, 5.41) is 1.98. The van der Waals surface area contributed by atoms with Crippen molar-refractivity contribution in [2.75, 3.05) is 0 Å². The van der Waals surface area contributed by atoms with Gasteiger partial charge in [0, 0.05) is 49.6 Å². The van der Waals surface area contributed by atoms with Crippen LogP contribution in [-0.2, 0) is 21.7 Å². The highest BCUT2D eigenvalue weighted by atomic mass is 14.8. The summed E-state index contributed by atoms with van der Waals surface area (Å²) in [5.41, 5.74) is 21.9. The molecule has 0 unspecified atom stereocenters. The minimum absolute atomic E-state index is 0.0573. The second kappa shape index (κ2) is 15.4. The molecule has 2 aliphatic heterocycles. The summed E-state index contributed by atoms with van der Waals surface area (Å²) in [7, 11) is 0. The number of hydrogen-bond donors (Lipinski definition) is 2. The molecule has 0 saturated carbocycles. The van der Waals surface area contributed by atoms with Crippen molar-refractivity contribution in [3.63, 3.8) is 0 Å². The molecule has 8 bridgehead atoms. The van der Waals surface area contributed by atoms with Gasteiger partial charge in [0.05, 0.1) is 22.4 Å². The summed E-state index contributed by atoms with van der Waals surface area (Å²) < 4.78 is 0. The summed E-state index contributed by atoms with van der Waals surface area (Å²) in [6, 6.07) is 47.0. The fraction of sp³-hybridized carbons (Fsp3) is 0.258. The molecule has 4 nitrogen and oxygen atoms in total. The minimum atomic E-state index is -0.0652. The molecule has 66 heavy (non-hydrogen) atoms. The highest BCUT2D eigenvalue weighted by Crippen LogP contribution is 2.43. The molecule has 3 aromatic heterocycles. The lowest BCUT2D eigenvalue weighted by molar-refractivity contribution is 0.568. The van der Waals surface area contributed by atoms with Crippen molar-refractivity contribution in [2.24, 2.45) is 0 Å². The number of H-pyrrole nitrogens is 2. The summed E-state index contributed by atoms with van der Waals surface area (Å²) in [5.74, 6) is 0. The van der Waals surface area contributed by atoms with Gasteiger partial charge in [0.2, 0.25) is 0 Å². The van der Waals surface area contributed by atoms with Crippen LogP contribution in [0.3, 0.4) is 0 Å². The van der Waals surface area contributed by atoms with E-state index in [0.29, 0.717) is 0 Å². The minimum Gasteiger partial charge on any atom is -0.355 e. The zero-order valence-corrected chi connectivity index (χ0v) is 40.8. The van der Waals surface area contributed by atoms with E-state index in [-0.39, 0.29) is 21.7 Å². The first-order chi connectivity index (χ1) is 31.2. The quantitative estimate of drug-likeness (QED) is 0.185. The number of aromatic nitrogens is 4. The molecule has 3 aliphatic rings. The fourth-order valence-corrected chi connectivity index (χ4v) is 9.60. The van der Waals surface area contributed by atoms with E-state index in [2.05, 4.69) is 239 Å². The molecule has 4 heteroatoms. The van der Waals surface area contributed by atoms with E-state index in [9.17, 15) is 0 Å². The molecule has 7 aromatic rings. The third kappa shape index (κ3) is 7.81. The molecule has 0 saturated heterocycles. The van der Waals surface area contributed by atoms with Crippen LogP contribution in [0.1, 0.15) is 134 Å². The lowest BCUT2D eigenvalue weighted by Crippen LogP contribution is -2.18. The Balaban J connectivity index is 1.42. The molecule has 0 atom stereocenters. The van der Waals surface area contributed by atoms with Gasteiger partial charge in [-0.1, -0.05) is 180 Å². The molecule has 5 heterocycles. The maximum Gasteiger partial charge on any atom is 0.0817 e. The summed E-state index contributed by atoms with van der Waals surface area (Å²) in [6.45, 7) is 27.7. The van der Waals surface area contributed by atoms with Crippen LogP contribution in [0, 0.1) is 0 Å². The third-order valence-corrected chi connectivity index (χ3v) is 13.5. The predicted octanol–water partition coefficient (Wildman–Crippen LogP) is 14.6. The van der Waals surface area contributed by atoms with Crippen molar-refractivity contribution in [1.29, 1.82) is 0 Å². The summed E-state index contributed by atoms with van der Waals surface area (Å²) in [4.78, 5) is 19.3. The van der Waals surface area contributed by atoms with E-state index in [0.717, 1.165) is 94.2 Å². The zero-order chi connectivity index (χ0) is 46.5. The van der Waals surface area contributed by atoms with Crippen LogP contribution in [-0.4, -0.2) is 19.9 Å². The van der Waals surface area contributed by atoms with E-state index < -0.39 is 0 Å². The molecule has 10 rings (SSSR count). The first-order valence-corrected chi connectivity index (χ1v) is 23.6. The van der Waals surface area contributed by atoms with Crippen LogP contribution in [0.4, 0.5) is 0 Å². The molecular formula is C62H62N4. The average Bonchev–Trinajstić information content (AvgIpc) is 4.11. The van der Waals surface area contributed by atoms with E-state index in [1.807, 2.05) is 0 Å². The smallest absolute Gasteiger partial charge is 0.0817 e. The fourth-order valence-electron chi connectivity index (χ4n) is 9.60. The molecule has 4 aromatic carbocycles. The molecule has 2 N–H and O–H groups in total.